The number of benzene rings is 1. The van der Waals surface area contributed by atoms with Crippen LogP contribution in [-0.4, -0.2) is 37.4 Å². The number of aryl methyl sites for hydroxylation is 1. The zero-order valence-electron chi connectivity index (χ0n) is 20.9. The second-order valence-corrected chi connectivity index (χ2v) is 10.6. The molecule has 0 radical (unpaired) electrons. The number of hydrogen-bond acceptors (Lipinski definition) is 7. The molecule has 9 nitrogen and oxygen atoms in total. The summed E-state index contributed by atoms with van der Waals surface area (Å²) in [6.45, 7) is 6.11. The Balaban J connectivity index is 1.46. The van der Waals surface area contributed by atoms with Gasteiger partial charge in [-0.3, -0.25) is 4.79 Å². The first-order chi connectivity index (χ1) is 17.1. The van der Waals surface area contributed by atoms with Crippen LogP contribution in [0.3, 0.4) is 0 Å². The van der Waals surface area contributed by atoms with Crippen molar-refractivity contribution in [1.82, 2.24) is 19.7 Å². The zero-order valence-corrected chi connectivity index (χ0v) is 20.9. The van der Waals surface area contributed by atoms with Crippen LogP contribution in [0.25, 0.3) is 0 Å². The van der Waals surface area contributed by atoms with Crippen molar-refractivity contribution in [3.05, 3.63) is 65.0 Å². The summed E-state index contributed by atoms with van der Waals surface area (Å²) in [6, 6.07) is 11.6. The molecule has 2 N–H and O–H groups in total. The Bertz CT molecular complexity index is 1360. The quantitative estimate of drug-likeness (QED) is 0.543. The van der Waals surface area contributed by atoms with E-state index in [2.05, 4.69) is 26.6 Å². The van der Waals surface area contributed by atoms with Gasteiger partial charge in [-0.2, -0.15) is 5.26 Å². The molecule has 1 aromatic carbocycles. The van der Waals surface area contributed by atoms with Crippen LogP contribution < -0.4 is 10.1 Å². The van der Waals surface area contributed by atoms with Crippen LogP contribution in [0.4, 0.5) is 5.69 Å². The highest BCUT2D eigenvalue weighted by atomic mass is 16.5. The molecule has 0 saturated heterocycles. The summed E-state index contributed by atoms with van der Waals surface area (Å²) < 4.78 is 7.74. The van der Waals surface area contributed by atoms with Crippen molar-refractivity contribution in [1.29, 1.82) is 5.26 Å². The molecule has 1 aliphatic heterocycles. The minimum atomic E-state index is -0.795. The van der Waals surface area contributed by atoms with Crippen LogP contribution in [0, 0.1) is 17.2 Å². The number of carbonyl (C=O) groups is 1. The SMILES string of the molecule is CC(O)c1cc(C(=O)Nc2cccc(C3(c4nncn4C)CC(CC#N)C3)c2)nc2c1OCC2(C)C. The summed E-state index contributed by atoms with van der Waals surface area (Å²) in [5.41, 5.74) is 2.41. The van der Waals surface area contributed by atoms with Gasteiger partial charge < -0.3 is 19.7 Å². The number of amides is 1. The maximum Gasteiger partial charge on any atom is 0.274 e. The van der Waals surface area contributed by atoms with Gasteiger partial charge in [-0.25, -0.2) is 4.98 Å². The summed E-state index contributed by atoms with van der Waals surface area (Å²) in [4.78, 5) is 17.9. The predicted octanol–water partition coefficient (Wildman–Crippen LogP) is 3.80. The highest BCUT2D eigenvalue weighted by Gasteiger charge is 2.49. The van der Waals surface area contributed by atoms with E-state index in [9.17, 15) is 9.90 Å². The Morgan fingerprint density at radius 3 is 2.81 bits per heavy atom. The van der Waals surface area contributed by atoms with Gasteiger partial charge in [-0.1, -0.05) is 26.0 Å². The van der Waals surface area contributed by atoms with E-state index in [0.717, 1.165) is 24.2 Å². The fraction of sp³-hybridized carbons (Fsp3) is 0.444. The van der Waals surface area contributed by atoms with E-state index < -0.39 is 6.10 Å². The molecule has 9 heteroatoms. The van der Waals surface area contributed by atoms with Crippen molar-refractivity contribution >= 4 is 11.6 Å². The summed E-state index contributed by atoms with van der Waals surface area (Å²) in [5.74, 6) is 1.36. The molecule has 36 heavy (non-hydrogen) atoms. The van der Waals surface area contributed by atoms with Crippen molar-refractivity contribution in [2.45, 2.75) is 57.0 Å². The van der Waals surface area contributed by atoms with Crippen LogP contribution in [0.15, 0.2) is 36.7 Å². The van der Waals surface area contributed by atoms with E-state index in [4.69, 9.17) is 10.00 Å². The van der Waals surface area contributed by atoms with E-state index in [1.807, 2.05) is 49.7 Å². The molecule has 1 atom stereocenters. The number of aliphatic hydroxyl groups is 1. The molecule has 1 unspecified atom stereocenters. The fourth-order valence-electron chi connectivity index (χ4n) is 5.46. The number of anilines is 1. The number of nitrogens with one attached hydrogen (secondary N) is 1. The van der Waals surface area contributed by atoms with Crippen molar-refractivity contribution in [3.8, 4) is 11.8 Å². The van der Waals surface area contributed by atoms with Crippen molar-refractivity contribution < 1.29 is 14.6 Å². The average molecular weight is 487 g/mol. The van der Waals surface area contributed by atoms with Crippen LogP contribution in [0.2, 0.25) is 0 Å². The number of pyridine rings is 1. The first-order valence-electron chi connectivity index (χ1n) is 12.1. The first kappa shape index (κ1) is 23.9. The Morgan fingerprint density at radius 2 is 2.14 bits per heavy atom. The lowest BCUT2D eigenvalue weighted by atomic mass is 9.57. The summed E-state index contributed by atoms with van der Waals surface area (Å²) in [7, 11) is 1.92. The molecule has 1 amide bonds. The van der Waals surface area contributed by atoms with Gasteiger partial charge in [0.2, 0.25) is 0 Å². The molecular formula is C27H30N6O3. The molecule has 1 saturated carbocycles. The number of hydrogen-bond donors (Lipinski definition) is 2. The van der Waals surface area contributed by atoms with E-state index in [0.29, 0.717) is 41.6 Å². The zero-order chi connectivity index (χ0) is 25.7. The van der Waals surface area contributed by atoms with Crippen LogP contribution in [0.5, 0.6) is 5.75 Å². The Kier molecular flexibility index (Phi) is 5.80. The lowest BCUT2D eigenvalue weighted by Crippen LogP contribution is -2.44. The van der Waals surface area contributed by atoms with Gasteiger partial charge in [0.1, 0.15) is 23.6 Å². The van der Waals surface area contributed by atoms with Crippen LogP contribution >= 0.6 is 0 Å². The predicted molar refractivity (Wildman–Crippen MR) is 133 cm³/mol. The molecule has 2 aromatic heterocycles. The number of nitriles is 1. The average Bonchev–Trinajstić information content (AvgIpc) is 3.38. The number of fused-ring (bicyclic) bond motifs is 1. The molecule has 3 aromatic rings. The van der Waals surface area contributed by atoms with Gasteiger partial charge in [0.05, 0.1) is 29.9 Å². The van der Waals surface area contributed by atoms with E-state index >= 15 is 0 Å². The van der Waals surface area contributed by atoms with Crippen LogP contribution in [0.1, 0.15) is 79.3 Å². The molecule has 1 fully saturated rings. The Labute approximate surface area is 210 Å². The Hall–Kier alpha value is -3.77. The fourth-order valence-corrected chi connectivity index (χ4v) is 5.46. The van der Waals surface area contributed by atoms with Crippen molar-refractivity contribution in [3.63, 3.8) is 0 Å². The number of aromatic nitrogens is 4. The summed E-state index contributed by atoms with van der Waals surface area (Å²) >= 11 is 0. The van der Waals surface area contributed by atoms with Gasteiger partial charge >= 0.3 is 0 Å². The third-order valence-corrected chi connectivity index (χ3v) is 7.37. The van der Waals surface area contributed by atoms with Gasteiger partial charge in [0, 0.05) is 30.1 Å². The maximum absolute atomic E-state index is 13.3. The maximum atomic E-state index is 13.3. The molecular weight excluding hydrogens is 456 g/mol. The third kappa shape index (κ3) is 3.91. The largest absolute Gasteiger partial charge is 0.490 e. The summed E-state index contributed by atoms with van der Waals surface area (Å²) in [5, 5.41) is 30.9. The van der Waals surface area contributed by atoms with Crippen molar-refractivity contribution in [2.24, 2.45) is 13.0 Å². The first-order valence-corrected chi connectivity index (χ1v) is 12.1. The van der Waals surface area contributed by atoms with E-state index in [-0.39, 0.29) is 22.4 Å². The molecule has 0 bridgehead atoms. The minimum absolute atomic E-state index is 0.231. The lowest BCUT2D eigenvalue weighted by molar-refractivity contribution is 0.102. The topological polar surface area (TPSA) is 126 Å². The highest BCUT2D eigenvalue weighted by molar-refractivity contribution is 6.03. The lowest BCUT2D eigenvalue weighted by Gasteiger charge is -2.46. The van der Waals surface area contributed by atoms with E-state index in [1.54, 1.807) is 19.3 Å². The normalized spacial score (nSPS) is 22.6. The third-order valence-electron chi connectivity index (χ3n) is 7.37. The molecule has 2 aliphatic rings. The number of ether oxygens (including phenoxy) is 1. The molecule has 3 heterocycles. The second-order valence-electron chi connectivity index (χ2n) is 10.6. The smallest absolute Gasteiger partial charge is 0.274 e. The van der Waals surface area contributed by atoms with E-state index in [1.165, 1.54) is 0 Å². The number of aliphatic hydroxyl groups excluding tert-OH is 1. The van der Waals surface area contributed by atoms with Crippen molar-refractivity contribution in [2.75, 3.05) is 11.9 Å². The van der Waals surface area contributed by atoms with Gasteiger partial charge in [0.25, 0.3) is 5.91 Å². The van der Waals surface area contributed by atoms with Crippen LogP contribution in [-0.2, 0) is 17.9 Å². The molecule has 5 rings (SSSR count). The standard InChI is InChI=1S/C27H30N6O3/c1-16(34)20-11-21(31-23-22(20)36-14-26(23,2)3)24(35)30-19-7-5-6-18(10-19)27(12-17(13-27)8-9-28)25-32-29-15-33(25)4/h5-7,10-11,15-17,34H,8,12-14H2,1-4H3,(H,30,35). The number of nitrogens with zero attached hydrogens (tertiary/aromatic N) is 5. The molecule has 0 spiro atoms. The minimum Gasteiger partial charge on any atom is -0.490 e. The van der Waals surface area contributed by atoms with Gasteiger partial charge in [0.15, 0.2) is 0 Å². The summed E-state index contributed by atoms with van der Waals surface area (Å²) in [6.07, 6.45) is 2.99. The number of rotatable bonds is 6. The van der Waals surface area contributed by atoms with Gasteiger partial charge in [-0.05, 0) is 49.4 Å². The molecule has 1 aliphatic carbocycles. The monoisotopic (exact) mass is 486 g/mol. The second kappa shape index (κ2) is 8.71. The Morgan fingerprint density at radius 1 is 1.36 bits per heavy atom. The van der Waals surface area contributed by atoms with Gasteiger partial charge in [-0.15, -0.1) is 10.2 Å². The highest BCUT2D eigenvalue weighted by Crippen LogP contribution is 2.53. The number of carbonyl (C=O) groups excluding carboxylic acids is 1. The molecule has 186 valence electrons.